The summed E-state index contributed by atoms with van der Waals surface area (Å²) in [7, 11) is 0. The Hall–Kier alpha value is -3.66. The van der Waals surface area contributed by atoms with E-state index in [2.05, 4.69) is 26.3 Å². The molecule has 0 saturated carbocycles. The zero-order chi connectivity index (χ0) is 22.0. The Balaban J connectivity index is 1.43. The fraction of sp³-hybridized carbons (Fsp3) is 0.143. The van der Waals surface area contributed by atoms with Crippen LogP contribution < -0.4 is 5.32 Å². The summed E-state index contributed by atoms with van der Waals surface area (Å²) in [6.45, 7) is 2.06. The van der Waals surface area contributed by atoms with E-state index in [0.29, 0.717) is 5.76 Å². The van der Waals surface area contributed by atoms with Crippen LogP contribution in [0.1, 0.15) is 34.8 Å². The van der Waals surface area contributed by atoms with Crippen LogP contribution in [-0.2, 0) is 6.54 Å². The first-order chi connectivity index (χ1) is 14.9. The number of hydrogen-bond donors (Lipinski definition) is 1. The number of nitro groups is 1. The summed E-state index contributed by atoms with van der Waals surface area (Å²) >= 11 is 3.11. The largest absolute Gasteiger partial charge is 0.454 e. The van der Waals surface area contributed by atoms with Crippen molar-refractivity contribution in [2.45, 2.75) is 19.5 Å². The SMILES string of the molecule is CC(NC(=O)c1ccc(Cn2cc(Br)c([N+](=O)[O-])n2)o1)c1cccc(-n2cccc2)c1. The molecule has 1 N–H and O–H groups in total. The van der Waals surface area contributed by atoms with Crippen molar-refractivity contribution < 1.29 is 14.1 Å². The van der Waals surface area contributed by atoms with Gasteiger partial charge in [-0.25, -0.2) is 0 Å². The molecule has 0 fully saturated rings. The van der Waals surface area contributed by atoms with Crippen LogP contribution in [0.2, 0.25) is 0 Å². The molecule has 0 radical (unpaired) electrons. The molecule has 4 aromatic rings. The minimum atomic E-state index is -0.575. The van der Waals surface area contributed by atoms with Crippen LogP contribution in [0.25, 0.3) is 5.69 Å². The van der Waals surface area contributed by atoms with Crippen LogP contribution in [0.3, 0.4) is 0 Å². The molecule has 4 rings (SSSR count). The molecule has 0 aliphatic carbocycles. The Morgan fingerprint density at radius 3 is 2.74 bits per heavy atom. The van der Waals surface area contributed by atoms with E-state index < -0.39 is 4.92 Å². The van der Waals surface area contributed by atoms with Gasteiger partial charge < -0.3 is 24.4 Å². The van der Waals surface area contributed by atoms with E-state index in [0.717, 1.165) is 11.3 Å². The maximum atomic E-state index is 12.6. The lowest BCUT2D eigenvalue weighted by Crippen LogP contribution is -2.26. The van der Waals surface area contributed by atoms with Gasteiger partial charge in [0.2, 0.25) is 0 Å². The number of furan rings is 1. The number of nitrogens with zero attached hydrogens (tertiary/aromatic N) is 4. The zero-order valence-corrected chi connectivity index (χ0v) is 18.0. The standard InChI is InChI=1S/C21H18BrN5O4/c1-14(15-5-4-6-16(11-15)25-9-2-3-10-25)23-21(28)19-8-7-17(31-19)12-26-13-18(22)20(24-26)27(29)30/h2-11,13-14H,12H2,1H3,(H,23,28). The molecule has 1 unspecified atom stereocenters. The molecular formula is C21H18BrN5O4. The van der Waals surface area contributed by atoms with Crippen LogP contribution in [0.4, 0.5) is 5.82 Å². The second kappa shape index (κ2) is 8.60. The van der Waals surface area contributed by atoms with Gasteiger partial charge in [0.1, 0.15) is 16.8 Å². The van der Waals surface area contributed by atoms with Crippen molar-refractivity contribution in [1.29, 1.82) is 0 Å². The van der Waals surface area contributed by atoms with Gasteiger partial charge in [-0.05, 0) is 69.7 Å². The van der Waals surface area contributed by atoms with Gasteiger partial charge in [0.25, 0.3) is 5.91 Å². The molecule has 0 aliphatic heterocycles. The van der Waals surface area contributed by atoms with Gasteiger partial charge in [0.05, 0.1) is 17.3 Å². The molecule has 158 valence electrons. The van der Waals surface area contributed by atoms with Crippen molar-refractivity contribution in [3.63, 3.8) is 0 Å². The van der Waals surface area contributed by atoms with Gasteiger partial charge in [-0.1, -0.05) is 12.1 Å². The lowest BCUT2D eigenvalue weighted by atomic mass is 10.1. The molecule has 0 bridgehead atoms. The van der Waals surface area contributed by atoms with E-state index in [4.69, 9.17) is 4.42 Å². The van der Waals surface area contributed by atoms with E-state index in [1.54, 1.807) is 12.1 Å². The average molecular weight is 484 g/mol. The summed E-state index contributed by atoms with van der Waals surface area (Å²) in [6, 6.07) is 14.8. The number of aromatic nitrogens is 3. The predicted octanol–water partition coefficient (Wildman–Crippen LogP) is 4.48. The van der Waals surface area contributed by atoms with Gasteiger partial charge >= 0.3 is 5.82 Å². The second-order valence-corrected chi connectivity index (χ2v) is 7.76. The summed E-state index contributed by atoms with van der Waals surface area (Å²) in [5.41, 5.74) is 1.96. The smallest absolute Gasteiger partial charge is 0.404 e. The molecule has 10 heteroatoms. The third kappa shape index (κ3) is 4.58. The number of amides is 1. The third-order valence-electron chi connectivity index (χ3n) is 4.70. The summed E-state index contributed by atoms with van der Waals surface area (Å²) in [4.78, 5) is 23.0. The fourth-order valence-electron chi connectivity index (χ4n) is 3.15. The number of benzene rings is 1. The Bertz CT molecular complexity index is 1230. The minimum Gasteiger partial charge on any atom is -0.454 e. The Kier molecular flexibility index (Phi) is 5.72. The number of hydrogen-bond acceptors (Lipinski definition) is 5. The van der Waals surface area contributed by atoms with Crippen molar-refractivity contribution >= 4 is 27.7 Å². The molecule has 3 heterocycles. The van der Waals surface area contributed by atoms with Crippen LogP contribution in [0.15, 0.2) is 76.0 Å². The lowest BCUT2D eigenvalue weighted by Gasteiger charge is -2.15. The topological polar surface area (TPSA) is 108 Å². The second-order valence-electron chi connectivity index (χ2n) is 6.90. The molecule has 1 aromatic carbocycles. The van der Waals surface area contributed by atoms with Crippen molar-refractivity contribution in [1.82, 2.24) is 19.7 Å². The first-order valence-electron chi connectivity index (χ1n) is 9.41. The maximum Gasteiger partial charge on any atom is 0.404 e. The summed E-state index contributed by atoms with van der Waals surface area (Å²) in [6.07, 6.45) is 5.40. The molecule has 1 amide bonds. The van der Waals surface area contributed by atoms with E-state index in [9.17, 15) is 14.9 Å². The summed E-state index contributed by atoms with van der Waals surface area (Å²) < 4.78 is 9.26. The molecular weight excluding hydrogens is 466 g/mol. The molecule has 1 atom stereocenters. The highest BCUT2D eigenvalue weighted by Crippen LogP contribution is 2.23. The predicted molar refractivity (Wildman–Crippen MR) is 116 cm³/mol. The number of rotatable bonds is 7. The van der Waals surface area contributed by atoms with Crippen molar-refractivity contribution in [2.75, 3.05) is 0 Å². The molecule has 0 spiro atoms. The summed E-state index contributed by atoms with van der Waals surface area (Å²) in [5.74, 6) is -0.0142. The zero-order valence-electron chi connectivity index (χ0n) is 16.4. The Morgan fingerprint density at radius 2 is 2.03 bits per heavy atom. The van der Waals surface area contributed by atoms with Crippen molar-refractivity contribution in [2.24, 2.45) is 0 Å². The van der Waals surface area contributed by atoms with Crippen molar-refractivity contribution in [3.8, 4) is 5.69 Å². The fourth-order valence-corrected chi connectivity index (χ4v) is 3.61. The van der Waals surface area contributed by atoms with Gasteiger partial charge in [-0.3, -0.25) is 4.79 Å². The van der Waals surface area contributed by atoms with Crippen molar-refractivity contribution in [3.05, 3.63) is 98.8 Å². The van der Waals surface area contributed by atoms with E-state index >= 15 is 0 Å². The van der Waals surface area contributed by atoms with Crippen LogP contribution in [-0.4, -0.2) is 25.2 Å². The van der Waals surface area contributed by atoms with Gasteiger partial charge in [-0.15, -0.1) is 0 Å². The number of carbonyl (C=O) groups excluding carboxylic acids is 1. The summed E-state index contributed by atoms with van der Waals surface area (Å²) in [5, 5.41) is 17.7. The van der Waals surface area contributed by atoms with Crippen LogP contribution in [0, 0.1) is 10.1 Å². The highest BCUT2D eigenvalue weighted by atomic mass is 79.9. The van der Waals surface area contributed by atoms with E-state index in [1.165, 1.54) is 10.9 Å². The normalized spacial score (nSPS) is 11.9. The van der Waals surface area contributed by atoms with Gasteiger partial charge in [0.15, 0.2) is 5.76 Å². The first-order valence-corrected chi connectivity index (χ1v) is 10.2. The average Bonchev–Trinajstić information content (AvgIpc) is 3.49. The monoisotopic (exact) mass is 483 g/mol. The van der Waals surface area contributed by atoms with E-state index in [-0.39, 0.29) is 34.5 Å². The molecule has 3 aromatic heterocycles. The van der Waals surface area contributed by atoms with Crippen LogP contribution in [0.5, 0.6) is 0 Å². The van der Waals surface area contributed by atoms with Crippen LogP contribution >= 0.6 is 15.9 Å². The molecule has 0 aliphatic rings. The lowest BCUT2D eigenvalue weighted by molar-refractivity contribution is -0.390. The Morgan fingerprint density at radius 1 is 1.26 bits per heavy atom. The number of carbonyl (C=O) groups is 1. The molecule has 0 saturated heterocycles. The highest BCUT2D eigenvalue weighted by Gasteiger charge is 2.20. The number of halogens is 1. The Labute approximate surface area is 185 Å². The van der Waals surface area contributed by atoms with Gasteiger partial charge in [-0.2, -0.15) is 4.68 Å². The van der Waals surface area contributed by atoms with Gasteiger partial charge in [0, 0.05) is 18.1 Å². The minimum absolute atomic E-state index is 0.157. The molecule has 31 heavy (non-hydrogen) atoms. The quantitative estimate of drug-likeness (QED) is 0.308. The maximum absolute atomic E-state index is 12.6. The third-order valence-corrected chi connectivity index (χ3v) is 5.26. The highest BCUT2D eigenvalue weighted by molar-refractivity contribution is 9.10. The first kappa shape index (κ1) is 20.6. The molecule has 9 nitrogen and oxygen atoms in total. The van der Waals surface area contributed by atoms with E-state index in [1.807, 2.05) is 60.3 Å². The number of nitrogens with one attached hydrogen (secondary N) is 1.